The molecule has 0 unspecified atom stereocenters. The number of hydrogen-bond acceptors (Lipinski definition) is 4. The number of carbonyl (C=O) groups is 1. The minimum Gasteiger partial charge on any atom is -0.462 e. The summed E-state index contributed by atoms with van der Waals surface area (Å²) in [5.74, 6) is 0.286. The summed E-state index contributed by atoms with van der Waals surface area (Å²) < 4.78 is 9.70. The predicted molar refractivity (Wildman–Crippen MR) is 43.8 cm³/mol. The van der Waals surface area contributed by atoms with Gasteiger partial charge in [0.1, 0.15) is 11.3 Å². The first-order valence-electron chi connectivity index (χ1n) is 3.68. The third-order valence-electron chi connectivity index (χ3n) is 1.38. The van der Waals surface area contributed by atoms with Crippen LogP contribution >= 0.6 is 0 Å². The lowest BCUT2D eigenvalue weighted by molar-refractivity contribution is 0.0527. The number of carbonyl (C=O) groups excluding carboxylic acids is 1. The van der Waals surface area contributed by atoms with E-state index in [9.17, 15) is 4.79 Å². The SMILES string of the molecule is CCOC(=O)c1cc(C)oc1N. The van der Waals surface area contributed by atoms with E-state index in [2.05, 4.69) is 0 Å². The van der Waals surface area contributed by atoms with E-state index in [4.69, 9.17) is 14.9 Å². The molecular formula is C8H11NO3. The summed E-state index contributed by atoms with van der Waals surface area (Å²) in [6.07, 6.45) is 0. The van der Waals surface area contributed by atoms with E-state index in [1.165, 1.54) is 0 Å². The third-order valence-corrected chi connectivity index (χ3v) is 1.38. The van der Waals surface area contributed by atoms with Crippen molar-refractivity contribution in [3.63, 3.8) is 0 Å². The maximum absolute atomic E-state index is 11.1. The number of nitrogen functional groups attached to an aromatic ring is 1. The average Bonchev–Trinajstić information content (AvgIpc) is 2.30. The van der Waals surface area contributed by atoms with Crippen LogP contribution in [0.3, 0.4) is 0 Å². The van der Waals surface area contributed by atoms with E-state index in [0.717, 1.165) is 0 Å². The summed E-state index contributed by atoms with van der Waals surface area (Å²) >= 11 is 0. The van der Waals surface area contributed by atoms with Crippen LogP contribution in [0.2, 0.25) is 0 Å². The minimum atomic E-state index is -0.438. The van der Waals surface area contributed by atoms with E-state index >= 15 is 0 Å². The van der Waals surface area contributed by atoms with Gasteiger partial charge in [-0.2, -0.15) is 0 Å². The fourth-order valence-electron chi connectivity index (χ4n) is 0.901. The molecule has 1 heterocycles. The average molecular weight is 169 g/mol. The normalized spacial score (nSPS) is 9.83. The minimum absolute atomic E-state index is 0.117. The van der Waals surface area contributed by atoms with Crippen LogP contribution in [-0.2, 0) is 4.74 Å². The molecule has 0 spiro atoms. The zero-order chi connectivity index (χ0) is 9.14. The van der Waals surface area contributed by atoms with E-state index in [1.807, 2.05) is 0 Å². The molecule has 0 radical (unpaired) electrons. The molecule has 66 valence electrons. The van der Waals surface area contributed by atoms with Crippen molar-refractivity contribution < 1.29 is 13.9 Å². The van der Waals surface area contributed by atoms with Gasteiger partial charge in [0.25, 0.3) is 0 Å². The lowest BCUT2D eigenvalue weighted by Gasteiger charge is -1.97. The zero-order valence-electron chi connectivity index (χ0n) is 7.09. The largest absolute Gasteiger partial charge is 0.462 e. The van der Waals surface area contributed by atoms with Crippen LogP contribution in [0.4, 0.5) is 5.88 Å². The van der Waals surface area contributed by atoms with Crippen molar-refractivity contribution in [1.82, 2.24) is 0 Å². The lowest BCUT2D eigenvalue weighted by atomic mass is 10.3. The van der Waals surface area contributed by atoms with Crippen LogP contribution < -0.4 is 5.73 Å². The topological polar surface area (TPSA) is 65.5 Å². The molecule has 0 saturated carbocycles. The summed E-state index contributed by atoms with van der Waals surface area (Å²) in [6, 6.07) is 1.56. The molecule has 0 aliphatic heterocycles. The Morgan fingerprint density at radius 1 is 1.75 bits per heavy atom. The molecule has 0 saturated heterocycles. The van der Waals surface area contributed by atoms with Crippen molar-refractivity contribution in [1.29, 1.82) is 0 Å². The summed E-state index contributed by atoms with van der Waals surface area (Å²) in [5.41, 5.74) is 5.71. The van der Waals surface area contributed by atoms with Gasteiger partial charge in [-0.15, -0.1) is 0 Å². The molecule has 1 aromatic heterocycles. The Labute approximate surface area is 70.3 Å². The number of esters is 1. The maximum atomic E-state index is 11.1. The van der Waals surface area contributed by atoms with Crippen molar-refractivity contribution in [2.45, 2.75) is 13.8 Å². The highest BCUT2D eigenvalue weighted by Crippen LogP contribution is 2.17. The molecule has 4 nitrogen and oxygen atoms in total. The van der Waals surface area contributed by atoms with Gasteiger partial charge in [0.2, 0.25) is 5.88 Å². The van der Waals surface area contributed by atoms with Gasteiger partial charge >= 0.3 is 5.97 Å². The molecule has 12 heavy (non-hydrogen) atoms. The number of aryl methyl sites for hydroxylation is 1. The Bertz CT molecular complexity index is 290. The van der Waals surface area contributed by atoms with Crippen molar-refractivity contribution in [2.75, 3.05) is 12.3 Å². The number of ether oxygens (including phenoxy) is 1. The molecule has 0 aliphatic rings. The number of rotatable bonds is 2. The Hall–Kier alpha value is -1.45. The summed E-state index contributed by atoms with van der Waals surface area (Å²) in [4.78, 5) is 11.1. The van der Waals surface area contributed by atoms with Crippen molar-refractivity contribution in [2.24, 2.45) is 0 Å². The molecule has 2 N–H and O–H groups in total. The molecule has 1 rings (SSSR count). The van der Waals surface area contributed by atoms with Gasteiger partial charge in [0.15, 0.2) is 0 Å². The first-order chi connectivity index (χ1) is 5.65. The van der Waals surface area contributed by atoms with Gasteiger partial charge in [-0.05, 0) is 19.9 Å². The summed E-state index contributed by atoms with van der Waals surface area (Å²) in [7, 11) is 0. The van der Waals surface area contributed by atoms with Crippen LogP contribution in [-0.4, -0.2) is 12.6 Å². The Balaban J connectivity index is 2.87. The third kappa shape index (κ3) is 1.58. The second-order valence-electron chi connectivity index (χ2n) is 2.36. The fraction of sp³-hybridized carbons (Fsp3) is 0.375. The predicted octanol–water partition coefficient (Wildman–Crippen LogP) is 1.35. The van der Waals surface area contributed by atoms with Crippen molar-refractivity contribution in [3.8, 4) is 0 Å². The molecule has 0 aliphatic carbocycles. The summed E-state index contributed by atoms with van der Waals surface area (Å²) in [6.45, 7) is 3.79. The van der Waals surface area contributed by atoms with Crippen LogP contribution in [0.5, 0.6) is 0 Å². The highest BCUT2D eigenvalue weighted by Gasteiger charge is 2.14. The number of nitrogens with two attached hydrogens (primary N) is 1. The standard InChI is InChI=1S/C8H11NO3/c1-3-11-8(10)6-4-5(2)12-7(6)9/h4H,3,9H2,1-2H3. The smallest absolute Gasteiger partial charge is 0.343 e. The second-order valence-corrected chi connectivity index (χ2v) is 2.36. The fourth-order valence-corrected chi connectivity index (χ4v) is 0.901. The molecule has 0 aromatic carbocycles. The first kappa shape index (κ1) is 8.64. The quantitative estimate of drug-likeness (QED) is 0.678. The van der Waals surface area contributed by atoms with E-state index < -0.39 is 5.97 Å². The van der Waals surface area contributed by atoms with Gasteiger partial charge < -0.3 is 14.9 Å². The lowest BCUT2D eigenvalue weighted by Crippen LogP contribution is -2.05. The second kappa shape index (κ2) is 3.30. The van der Waals surface area contributed by atoms with E-state index in [-0.39, 0.29) is 5.88 Å². The highest BCUT2D eigenvalue weighted by molar-refractivity contribution is 5.93. The van der Waals surface area contributed by atoms with Gasteiger partial charge in [-0.25, -0.2) is 4.79 Å². The molecule has 0 atom stereocenters. The Morgan fingerprint density at radius 2 is 2.42 bits per heavy atom. The summed E-state index contributed by atoms with van der Waals surface area (Å²) in [5, 5.41) is 0. The molecule has 0 fully saturated rings. The van der Waals surface area contributed by atoms with Crippen LogP contribution in [0, 0.1) is 6.92 Å². The van der Waals surface area contributed by atoms with E-state index in [0.29, 0.717) is 17.9 Å². The van der Waals surface area contributed by atoms with Crippen LogP contribution in [0.15, 0.2) is 10.5 Å². The number of furan rings is 1. The monoisotopic (exact) mass is 169 g/mol. The number of anilines is 1. The molecule has 4 heteroatoms. The van der Waals surface area contributed by atoms with Crippen LogP contribution in [0.1, 0.15) is 23.0 Å². The van der Waals surface area contributed by atoms with Crippen molar-refractivity contribution >= 4 is 11.9 Å². The molecule has 0 amide bonds. The first-order valence-corrected chi connectivity index (χ1v) is 3.68. The molecule has 1 aromatic rings. The molecule has 0 bridgehead atoms. The number of hydrogen-bond donors (Lipinski definition) is 1. The van der Waals surface area contributed by atoms with Gasteiger partial charge in [-0.3, -0.25) is 0 Å². The Morgan fingerprint density at radius 3 is 2.83 bits per heavy atom. The zero-order valence-corrected chi connectivity index (χ0v) is 7.09. The van der Waals surface area contributed by atoms with Gasteiger partial charge in [0, 0.05) is 0 Å². The highest BCUT2D eigenvalue weighted by atomic mass is 16.5. The molecular weight excluding hydrogens is 158 g/mol. The van der Waals surface area contributed by atoms with Crippen LogP contribution in [0.25, 0.3) is 0 Å². The van der Waals surface area contributed by atoms with E-state index in [1.54, 1.807) is 19.9 Å². The van der Waals surface area contributed by atoms with Gasteiger partial charge in [-0.1, -0.05) is 0 Å². The van der Waals surface area contributed by atoms with Gasteiger partial charge in [0.05, 0.1) is 6.61 Å². The van der Waals surface area contributed by atoms with Crippen molar-refractivity contribution in [3.05, 3.63) is 17.4 Å². The Kier molecular flexibility index (Phi) is 2.38. The maximum Gasteiger partial charge on any atom is 0.343 e.